The molecule has 0 aliphatic carbocycles. The summed E-state index contributed by atoms with van der Waals surface area (Å²) in [5, 5.41) is 5.70. The highest BCUT2D eigenvalue weighted by atomic mass is 16.2. The van der Waals surface area contributed by atoms with E-state index in [0.717, 1.165) is 36.8 Å². The van der Waals surface area contributed by atoms with Crippen LogP contribution in [0.2, 0.25) is 0 Å². The molecular weight excluding hydrogens is 388 g/mol. The molecule has 6 nitrogen and oxygen atoms in total. The van der Waals surface area contributed by atoms with Gasteiger partial charge in [-0.3, -0.25) is 9.69 Å². The van der Waals surface area contributed by atoms with E-state index >= 15 is 0 Å². The fraction of sp³-hybridized carbons (Fsp3) is 0.440. The van der Waals surface area contributed by atoms with Gasteiger partial charge in [0.15, 0.2) is 0 Å². The Morgan fingerprint density at radius 1 is 1.06 bits per heavy atom. The Morgan fingerprint density at radius 3 is 2.52 bits per heavy atom. The van der Waals surface area contributed by atoms with Crippen molar-refractivity contribution in [1.29, 1.82) is 0 Å². The molecule has 31 heavy (non-hydrogen) atoms. The topological polar surface area (TPSA) is 64.7 Å². The minimum atomic E-state index is -0.187. The third-order valence-corrected chi connectivity index (χ3v) is 5.62. The maximum atomic E-state index is 12.2. The van der Waals surface area contributed by atoms with Crippen molar-refractivity contribution >= 4 is 17.6 Å². The lowest BCUT2D eigenvalue weighted by atomic mass is 10.00. The first-order valence-electron chi connectivity index (χ1n) is 11.1. The zero-order valence-corrected chi connectivity index (χ0v) is 18.6. The molecule has 1 heterocycles. The third kappa shape index (κ3) is 7.72. The van der Waals surface area contributed by atoms with Crippen LogP contribution in [0.3, 0.4) is 0 Å². The van der Waals surface area contributed by atoms with Crippen molar-refractivity contribution in [2.45, 2.75) is 39.3 Å². The van der Waals surface area contributed by atoms with Crippen molar-refractivity contribution in [2.24, 2.45) is 5.92 Å². The summed E-state index contributed by atoms with van der Waals surface area (Å²) in [5.74, 6) is 0.662. The Morgan fingerprint density at radius 2 is 1.81 bits per heavy atom. The van der Waals surface area contributed by atoms with E-state index in [2.05, 4.69) is 34.6 Å². The first-order valence-corrected chi connectivity index (χ1v) is 11.1. The first kappa shape index (κ1) is 22.8. The van der Waals surface area contributed by atoms with Crippen LogP contribution in [-0.2, 0) is 17.9 Å². The van der Waals surface area contributed by atoms with E-state index in [9.17, 15) is 9.59 Å². The van der Waals surface area contributed by atoms with Gasteiger partial charge in [-0.15, -0.1) is 0 Å². The Bertz CT molecular complexity index is 838. The van der Waals surface area contributed by atoms with Gasteiger partial charge in [0.05, 0.1) is 0 Å². The maximum absolute atomic E-state index is 12.2. The molecule has 2 aromatic carbocycles. The molecule has 0 bridgehead atoms. The van der Waals surface area contributed by atoms with E-state index in [0.29, 0.717) is 13.1 Å². The summed E-state index contributed by atoms with van der Waals surface area (Å²) in [6.45, 7) is 6.42. The van der Waals surface area contributed by atoms with Gasteiger partial charge in [-0.25, -0.2) is 4.79 Å². The van der Waals surface area contributed by atoms with Crippen molar-refractivity contribution in [3.63, 3.8) is 0 Å². The van der Waals surface area contributed by atoms with Crippen LogP contribution in [0.5, 0.6) is 0 Å². The lowest BCUT2D eigenvalue weighted by molar-refractivity contribution is -0.116. The van der Waals surface area contributed by atoms with Crippen LogP contribution in [0.15, 0.2) is 54.6 Å². The fourth-order valence-corrected chi connectivity index (χ4v) is 3.95. The Hall–Kier alpha value is -2.86. The average Bonchev–Trinajstić information content (AvgIpc) is 2.76. The quantitative estimate of drug-likeness (QED) is 0.673. The third-order valence-electron chi connectivity index (χ3n) is 5.62. The minimum Gasteiger partial charge on any atom is -0.337 e. The van der Waals surface area contributed by atoms with Crippen molar-refractivity contribution in [3.05, 3.63) is 65.7 Å². The predicted molar refractivity (Wildman–Crippen MR) is 125 cm³/mol. The van der Waals surface area contributed by atoms with Crippen LogP contribution >= 0.6 is 0 Å². The highest BCUT2D eigenvalue weighted by Crippen LogP contribution is 2.18. The lowest BCUT2D eigenvalue weighted by Gasteiger charge is -2.30. The van der Waals surface area contributed by atoms with Crippen molar-refractivity contribution in [3.8, 4) is 0 Å². The van der Waals surface area contributed by atoms with Crippen LogP contribution in [-0.4, -0.2) is 48.4 Å². The van der Waals surface area contributed by atoms with Crippen LogP contribution in [0.4, 0.5) is 10.5 Å². The van der Waals surface area contributed by atoms with Gasteiger partial charge in [-0.2, -0.15) is 0 Å². The molecule has 0 aromatic heterocycles. The van der Waals surface area contributed by atoms with Crippen LogP contribution in [0.1, 0.15) is 37.3 Å². The molecule has 1 fully saturated rings. The number of benzene rings is 2. The Labute approximate surface area is 185 Å². The number of hydrogen-bond acceptors (Lipinski definition) is 3. The van der Waals surface area contributed by atoms with Gasteiger partial charge < -0.3 is 15.5 Å². The standard InChI is InChI=1S/C25H34N4O2/c1-20-7-6-16-29(17-20)19-22-10-12-23(13-11-22)27-24(30)14-15-26-25(31)28(2)18-21-8-4-3-5-9-21/h3-5,8-13,20H,6-7,14-19H2,1-2H3,(H,26,31)(H,27,30). The fourth-order valence-electron chi connectivity index (χ4n) is 3.95. The molecule has 1 saturated heterocycles. The van der Waals surface area contributed by atoms with Gasteiger partial charge in [0, 0.05) is 45.3 Å². The number of anilines is 1. The van der Waals surface area contributed by atoms with Gasteiger partial charge in [-0.05, 0) is 48.6 Å². The number of nitrogens with zero attached hydrogens (tertiary/aromatic N) is 2. The summed E-state index contributed by atoms with van der Waals surface area (Å²) in [5.41, 5.74) is 3.12. The molecule has 166 valence electrons. The molecule has 0 saturated carbocycles. The minimum absolute atomic E-state index is 0.108. The van der Waals surface area contributed by atoms with E-state index in [4.69, 9.17) is 0 Å². The Kier molecular flexibility index (Phi) is 8.47. The summed E-state index contributed by atoms with van der Waals surface area (Å²) in [7, 11) is 1.74. The highest BCUT2D eigenvalue weighted by Gasteiger charge is 2.16. The van der Waals surface area contributed by atoms with Crippen molar-refractivity contribution < 1.29 is 9.59 Å². The van der Waals surface area contributed by atoms with Crippen LogP contribution in [0.25, 0.3) is 0 Å². The molecule has 1 aliphatic rings. The maximum Gasteiger partial charge on any atom is 0.317 e. The van der Waals surface area contributed by atoms with Gasteiger partial charge in [0.1, 0.15) is 0 Å². The normalized spacial score (nSPS) is 16.5. The lowest BCUT2D eigenvalue weighted by Crippen LogP contribution is -2.38. The second kappa shape index (κ2) is 11.5. The Balaban J connectivity index is 1.36. The molecule has 3 rings (SSSR count). The largest absolute Gasteiger partial charge is 0.337 e. The molecule has 1 aliphatic heterocycles. The predicted octanol–water partition coefficient (Wildman–Crippen LogP) is 4.09. The second-order valence-corrected chi connectivity index (χ2v) is 8.55. The molecule has 3 amide bonds. The van der Waals surface area contributed by atoms with E-state index in [-0.39, 0.29) is 18.4 Å². The molecule has 0 radical (unpaired) electrons. The summed E-state index contributed by atoms with van der Waals surface area (Å²) < 4.78 is 0. The SMILES string of the molecule is CC1CCCN(Cc2ccc(NC(=O)CCNC(=O)N(C)Cc3ccccc3)cc2)C1. The van der Waals surface area contributed by atoms with Crippen molar-refractivity contribution in [2.75, 3.05) is 32.0 Å². The summed E-state index contributed by atoms with van der Waals surface area (Å²) in [6, 6.07) is 17.7. The number of likely N-dealkylation sites (tertiary alicyclic amines) is 1. The van der Waals surface area contributed by atoms with Gasteiger partial charge in [0.25, 0.3) is 0 Å². The van der Waals surface area contributed by atoms with E-state index in [1.807, 2.05) is 42.5 Å². The summed E-state index contributed by atoms with van der Waals surface area (Å²) >= 11 is 0. The molecule has 2 aromatic rings. The van der Waals surface area contributed by atoms with Crippen LogP contribution < -0.4 is 10.6 Å². The number of nitrogens with one attached hydrogen (secondary N) is 2. The average molecular weight is 423 g/mol. The highest BCUT2D eigenvalue weighted by molar-refractivity contribution is 5.91. The van der Waals surface area contributed by atoms with Crippen LogP contribution in [0, 0.1) is 5.92 Å². The number of urea groups is 1. The van der Waals surface area contributed by atoms with Gasteiger partial charge in [-0.1, -0.05) is 49.4 Å². The summed E-state index contributed by atoms with van der Waals surface area (Å²) in [4.78, 5) is 28.5. The van der Waals surface area contributed by atoms with E-state index in [1.54, 1.807) is 11.9 Å². The number of piperidine rings is 1. The molecule has 1 atom stereocenters. The second-order valence-electron chi connectivity index (χ2n) is 8.55. The molecule has 2 N–H and O–H groups in total. The molecule has 6 heteroatoms. The van der Waals surface area contributed by atoms with E-state index < -0.39 is 0 Å². The molecular formula is C25H34N4O2. The zero-order valence-electron chi connectivity index (χ0n) is 18.6. The molecule has 0 spiro atoms. The van der Waals surface area contributed by atoms with Gasteiger partial charge >= 0.3 is 6.03 Å². The number of carbonyl (C=O) groups is 2. The summed E-state index contributed by atoms with van der Waals surface area (Å²) in [6.07, 6.45) is 2.83. The first-order chi connectivity index (χ1) is 15.0. The smallest absolute Gasteiger partial charge is 0.317 e. The van der Waals surface area contributed by atoms with Crippen molar-refractivity contribution in [1.82, 2.24) is 15.1 Å². The number of carbonyl (C=O) groups excluding carboxylic acids is 2. The number of amides is 3. The van der Waals surface area contributed by atoms with E-state index in [1.165, 1.54) is 18.4 Å². The molecule has 1 unspecified atom stereocenters. The number of hydrogen-bond donors (Lipinski definition) is 2. The monoisotopic (exact) mass is 422 g/mol. The van der Waals surface area contributed by atoms with Gasteiger partial charge in [0.2, 0.25) is 5.91 Å². The zero-order chi connectivity index (χ0) is 22.1. The number of rotatable bonds is 8.